The van der Waals surface area contributed by atoms with Crippen molar-refractivity contribution in [2.75, 3.05) is 20.3 Å². The number of carbonyl (C=O) groups excluding carboxylic acids is 1. The number of benzene rings is 1. The van der Waals surface area contributed by atoms with Gasteiger partial charge in [-0.3, -0.25) is 0 Å². The normalized spacial score (nSPS) is 21.9. The fourth-order valence-electron chi connectivity index (χ4n) is 1.94. The fourth-order valence-corrected chi connectivity index (χ4v) is 1.94. The highest BCUT2D eigenvalue weighted by molar-refractivity contribution is 5.69. The lowest BCUT2D eigenvalue weighted by atomic mass is 10.1. The molecule has 1 aromatic rings. The second-order valence-electron chi connectivity index (χ2n) is 4.68. The number of cyclic esters (lactones) is 1. The minimum absolute atomic E-state index is 0.397. The molecular weight excluding hydrogens is 246 g/mol. The van der Waals surface area contributed by atoms with Crippen LogP contribution in [0.5, 0.6) is 5.75 Å². The van der Waals surface area contributed by atoms with Crippen molar-refractivity contribution in [3.05, 3.63) is 29.8 Å². The van der Waals surface area contributed by atoms with E-state index in [4.69, 9.17) is 14.2 Å². The van der Waals surface area contributed by atoms with Crippen molar-refractivity contribution in [3.63, 3.8) is 0 Å². The van der Waals surface area contributed by atoms with Gasteiger partial charge in [-0.05, 0) is 30.5 Å². The summed E-state index contributed by atoms with van der Waals surface area (Å²) in [5.41, 5.74) is 1.23. The van der Waals surface area contributed by atoms with Crippen LogP contribution in [0.4, 0.5) is 4.79 Å². The Balaban J connectivity index is 1.70. The van der Waals surface area contributed by atoms with Crippen LogP contribution in [-0.4, -0.2) is 32.1 Å². The van der Waals surface area contributed by atoms with Gasteiger partial charge in [-0.1, -0.05) is 12.1 Å². The molecule has 1 atom stereocenters. The number of nitrogens with one attached hydrogen (secondary N) is 1. The summed E-state index contributed by atoms with van der Waals surface area (Å²) in [4.78, 5) is 10.9. The number of alkyl carbamates (subject to hydrolysis) is 1. The van der Waals surface area contributed by atoms with Crippen LogP contribution in [0.2, 0.25) is 0 Å². The van der Waals surface area contributed by atoms with Crippen molar-refractivity contribution in [3.8, 4) is 5.75 Å². The first kappa shape index (κ1) is 13.7. The van der Waals surface area contributed by atoms with E-state index < -0.39 is 11.9 Å². The summed E-state index contributed by atoms with van der Waals surface area (Å²) in [5.74, 6) is 0.0354. The van der Waals surface area contributed by atoms with E-state index in [9.17, 15) is 4.79 Å². The van der Waals surface area contributed by atoms with E-state index in [-0.39, 0.29) is 0 Å². The molecule has 0 spiro atoms. The molecule has 1 unspecified atom stereocenters. The summed E-state index contributed by atoms with van der Waals surface area (Å²) in [5, 5.41) is 2.58. The molecule has 0 aliphatic carbocycles. The highest BCUT2D eigenvalue weighted by atomic mass is 16.7. The minimum atomic E-state index is -0.822. The zero-order valence-electron chi connectivity index (χ0n) is 11.3. The van der Waals surface area contributed by atoms with Gasteiger partial charge in [0.2, 0.25) is 5.79 Å². The maximum atomic E-state index is 10.9. The van der Waals surface area contributed by atoms with Gasteiger partial charge in [-0.15, -0.1) is 0 Å². The number of hydrogen-bond acceptors (Lipinski definition) is 4. The Labute approximate surface area is 112 Å². The Morgan fingerprint density at radius 1 is 1.37 bits per heavy atom. The third-order valence-corrected chi connectivity index (χ3v) is 3.04. The predicted octanol–water partition coefficient (Wildman–Crippen LogP) is 2.10. The molecule has 1 N–H and O–H groups in total. The van der Waals surface area contributed by atoms with Gasteiger partial charge in [0.15, 0.2) is 0 Å². The van der Waals surface area contributed by atoms with Crippen LogP contribution in [0.25, 0.3) is 0 Å². The number of aryl methyl sites for hydroxylation is 1. The van der Waals surface area contributed by atoms with Gasteiger partial charge in [0, 0.05) is 6.92 Å². The molecule has 0 saturated carbocycles. The molecule has 104 valence electrons. The Morgan fingerprint density at radius 3 is 2.68 bits per heavy atom. The summed E-state index contributed by atoms with van der Waals surface area (Å²) in [6.45, 7) is 2.71. The number of rotatable bonds is 6. The first-order valence-corrected chi connectivity index (χ1v) is 6.35. The van der Waals surface area contributed by atoms with E-state index in [1.807, 2.05) is 24.3 Å². The highest BCUT2D eigenvalue weighted by Gasteiger charge is 2.36. The summed E-state index contributed by atoms with van der Waals surface area (Å²) in [6.07, 6.45) is 1.37. The van der Waals surface area contributed by atoms with Crippen molar-refractivity contribution in [1.82, 2.24) is 5.32 Å². The number of methoxy groups -OCH3 is 1. The number of carbonyl (C=O) groups is 1. The zero-order chi connectivity index (χ0) is 13.7. The van der Waals surface area contributed by atoms with E-state index in [1.165, 1.54) is 5.56 Å². The Morgan fingerprint density at radius 2 is 2.11 bits per heavy atom. The Kier molecular flexibility index (Phi) is 4.27. The van der Waals surface area contributed by atoms with Crippen LogP contribution in [0.15, 0.2) is 24.3 Å². The monoisotopic (exact) mass is 265 g/mol. The van der Waals surface area contributed by atoms with Gasteiger partial charge in [0.25, 0.3) is 0 Å². The highest BCUT2D eigenvalue weighted by Crippen LogP contribution is 2.18. The molecule has 0 bridgehead atoms. The van der Waals surface area contributed by atoms with E-state index in [0.29, 0.717) is 13.2 Å². The molecule has 0 radical (unpaired) electrons. The van der Waals surface area contributed by atoms with Crippen LogP contribution >= 0.6 is 0 Å². The van der Waals surface area contributed by atoms with Crippen LogP contribution in [-0.2, 0) is 15.9 Å². The van der Waals surface area contributed by atoms with Crippen LogP contribution in [0, 0.1) is 0 Å². The van der Waals surface area contributed by atoms with Gasteiger partial charge < -0.3 is 19.5 Å². The number of ether oxygens (including phenoxy) is 3. The summed E-state index contributed by atoms with van der Waals surface area (Å²) >= 11 is 0. The predicted molar refractivity (Wildman–Crippen MR) is 70.2 cm³/mol. The van der Waals surface area contributed by atoms with Crippen LogP contribution in [0.3, 0.4) is 0 Å². The topological polar surface area (TPSA) is 56.8 Å². The third-order valence-electron chi connectivity index (χ3n) is 3.04. The second-order valence-corrected chi connectivity index (χ2v) is 4.68. The lowest BCUT2D eigenvalue weighted by Gasteiger charge is -2.21. The van der Waals surface area contributed by atoms with E-state index in [1.54, 1.807) is 14.0 Å². The van der Waals surface area contributed by atoms with Crippen molar-refractivity contribution >= 4 is 6.09 Å². The first-order valence-electron chi connectivity index (χ1n) is 6.35. The molecule has 19 heavy (non-hydrogen) atoms. The largest absolute Gasteiger partial charge is 0.497 e. The van der Waals surface area contributed by atoms with Gasteiger partial charge >= 0.3 is 6.09 Å². The molecule has 1 fully saturated rings. The summed E-state index contributed by atoms with van der Waals surface area (Å²) < 4.78 is 15.7. The average Bonchev–Trinajstić information content (AvgIpc) is 2.76. The van der Waals surface area contributed by atoms with Gasteiger partial charge in [0.05, 0.1) is 20.3 Å². The molecule has 1 heterocycles. The van der Waals surface area contributed by atoms with Gasteiger partial charge in [-0.25, -0.2) is 4.79 Å². The molecule has 1 aliphatic heterocycles. The molecule has 5 heteroatoms. The van der Waals surface area contributed by atoms with Crippen molar-refractivity contribution in [2.24, 2.45) is 0 Å². The number of hydrogen-bond donors (Lipinski definition) is 1. The van der Waals surface area contributed by atoms with Crippen molar-refractivity contribution in [2.45, 2.75) is 25.6 Å². The Hall–Kier alpha value is -1.75. The smallest absolute Gasteiger partial charge is 0.409 e. The van der Waals surface area contributed by atoms with Gasteiger partial charge in [0.1, 0.15) is 5.75 Å². The molecule has 1 amide bonds. The molecule has 1 aromatic carbocycles. The van der Waals surface area contributed by atoms with Gasteiger partial charge in [-0.2, -0.15) is 0 Å². The lowest BCUT2D eigenvalue weighted by molar-refractivity contribution is -0.163. The van der Waals surface area contributed by atoms with E-state index in [0.717, 1.165) is 18.6 Å². The average molecular weight is 265 g/mol. The molecule has 0 aromatic heterocycles. The van der Waals surface area contributed by atoms with Crippen molar-refractivity contribution in [1.29, 1.82) is 0 Å². The molecule has 5 nitrogen and oxygen atoms in total. The van der Waals surface area contributed by atoms with Crippen molar-refractivity contribution < 1.29 is 19.0 Å². The quantitative estimate of drug-likeness (QED) is 0.800. The van der Waals surface area contributed by atoms with Crippen LogP contribution in [0.1, 0.15) is 18.9 Å². The zero-order valence-corrected chi connectivity index (χ0v) is 11.3. The Bertz CT molecular complexity index is 432. The molecule has 1 saturated heterocycles. The SMILES string of the molecule is COc1ccc(CCCOC2(C)CNC(=O)O2)cc1. The molecule has 2 rings (SSSR count). The first-order chi connectivity index (χ1) is 9.11. The third kappa shape index (κ3) is 3.86. The lowest BCUT2D eigenvalue weighted by Crippen LogP contribution is -2.33. The maximum absolute atomic E-state index is 10.9. The van der Waals surface area contributed by atoms with E-state index in [2.05, 4.69) is 5.32 Å². The summed E-state index contributed by atoms with van der Waals surface area (Å²) in [7, 11) is 1.65. The standard InChI is InChI=1S/C14H19NO4/c1-14(10-15-13(16)19-14)18-9-3-4-11-5-7-12(17-2)8-6-11/h5-8H,3-4,9-10H2,1-2H3,(H,15,16). The second kappa shape index (κ2) is 5.93. The minimum Gasteiger partial charge on any atom is -0.497 e. The fraction of sp³-hybridized carbons (Fsp3) is 0.500. The van der Waals surface area contributed by atoms with E-state index >= 15 is 0 Å². The number of amides is 1. The summed E-state index contributed by atoms with van der Waals surface area (Å²) in [6, 6.07) is 7.97. The molecular formula is C14H19NO4. The van der Waals surface area contributed by atoms with Crippen LogP contribution < -0.4 is 10.1 Å². The maximum Gasteiger partial charge on any atom is 0.409 e. The molecule has 1 aliphatic rings.